The summed E-state index contributed by atoms with van der Waals surface area (Å²) >= 11 is 19.2. The molecule has 2 aliphatic carbocycles. The third-order valence-corrected chi connectivity index (χ3v) is 12.6. The number of aromatic hydroxyl groups is 1. The minimum absolute atomic E-state index is 0.115. The van der Waals surface area contributed by atoms with Crippen molar-refractivity contribution >= 4 is 69.9 Å². The van der Waals surface area contributed by atoms with Gasteiger partial charge in [-0.15, -0.1) is 0 Å². The molecular formula is C40H24Cl3F9N4O5. The Morgan fingerprint density at radius 2 is 1.34 bits per heavy atom. The van der Waals surface area contributed by atoms with Gasteiger partial charge in [-0.1, -0.05) is 64.7 Å². The van der Waals surface area contributed by atoms with Crippen molar-refractivity contribution in [1.82, 2.24) is 9.99 Å². The molecule has 61 heavy (non-hydrogen) atoms. The van der Waals surface area contributed by atoms with Gasteiger partial charge >= 0.3 is 18.5 Å². The zero-order valence-corrected chi connectivity index (χ0v) is 32.5. The SMILES string of the molecule is O=C1C2CC3C(=CCC4C(=O)N(c5cc(C(F)(F)F)cc(C(F)(F)F)c5)C(=O)C43)C(c3ccc(O)cc3Cl)C2(c2ccc(Cl)cc2)C(=O)N1Nc1ncc(C(F)(F)F)cc1Cl. The minimum atomic E-state index is -5.32. The van der Waals surface area contributed by atoms with E-state index in [4.69, 9.17) is 34.8 Å². The number of benzene rings is 3. The van der Waals surface area contributed by atoms with Gasteiger partial charge in [0.05, 0.1) is 50.6 Å². The highest BCUT2D eigenvalue weighted by Gasteiger charge is 2.70. The number of allylic oxidation sites excluding steroid dienone is 2. The van der Waals surface area contributed by atoms with Crippen molar-refractivity contribution < 1.29 is 63.8 Å². The molecular weight excluding hydrogens is 894 g/mol. The van der Waals surface area contributed by atoms with E-state index in [1.807, 2.05) is 0 Å². The summed E-state index contributed by atoms with van der Waals surface area (Å²) < 4.78 is 124. The number of nitrogens with zero attached hydrogens (tertiary/aromatic N) is 3. The number of aromatic nitrogens is 1. The van der Waals surface area contributed by atoms with E-state index < -0.39 is 117 Å². The van der Waals surface area contributed by atoms with Gasteiger partial charge in [-0.25, -0.2) is 9.88 Å². The highest BCUT2D eigenvalue weighted by Crippen LogP contribution is 2.65. The second-order valence-electron chi connectivity index (χ2n) is 14.9. The number of alkyl halides is 9. The van der Waals surface area contributed by atoms with Gasteiger partial charge in [-0.05, 0) is 78.4 Å². The first-order valence-electron chi connectivity index (χ1n) is 17.9. The number of nitrogens with one attached hydrogen (secondary N) is 1. The van der Waals surface area contributed by atoms with Crippen molar-refractivity contribution in [2.24, 2.45) is 23.7 Å². The van der Waals surface area contributed by atoms with Crippen LogP contribution in [0.2, 0.25) is 15.1 Å². The number of hydrazine groups is 1. The van der Waals surface area contributed by atoms with Crippen LogP contribution in [0.1, 0.15) is 46.6 Å². The molecule has 6 unspecified atom stereocenters. The summed E-state index contributed by atoms with van der Waals surface area (Å²) in [4.78, 5) is 62.6. The fourth-order valence-corrected chi connectivity index (χ4v) is 9.82. The molecule has 3 aromatic carbocycles. The zero-order valence-electron chi connectivity index (χ0n) is 30.3. The molecule has 6 atom stereocenters. The molecule has 8 rings (SSSR count). The number of pyridine rings is 1. The molecule has 0 bridgehead atoms. The van der Waals surface area contributed by atoms with Crippen molar-refractivity contribution in [3.8, 4) is 5.75 Å². The van der Waals surface area contributed by atoms with Crippen molar-refractivity contribution in [2.75, 3.05) is 10.3 Å². The maximum atomic E-state index is 15.3. The van der Waals surface area contributed by atoms with E-state index >= 15 is 4.79 Å². The molecule has 9 nitrogen and oxygen atoms in total. The van der Waals surface area contributed by atoms with Crippen LogP contribution in [0.5, 0.6) is 5.75 Å². The summed E-state index contributed by atoms with van der Waals surface area (Å²) in [6.07, 6.45) is -14.3. The first-order chi connectivity index (χ1) is 28.4. The van der Waals surface area contributed by atoms with Gasteiger partial charge in [0.1, 0.15) is 5.75 Å². The smallest absolute Gasteiger partial charge is 0.417 e. The topological polar surface area (TPSA) is 120 Å². The van der Waals surface area contributed by atoms with E-state index in [2.05, 4.69) is 10.4 Å². The van der Waals surface area contributed by atoms with Crippen molar-refractivity contribution in [1.29, 1.82) is 0 Å². The van der Waals surface area contributed by atoms with Crippen LogP contribution >= 0.6 is 34.8 Å². The Balaban J connectivity index is 1.30. The van der Waals surface area contributed by atoms with E-state index in [9.17, 15) is 59.0 Å². The van der Waals surface area contributed by atoms with E-state index in [0.29, 0.717) is 17.3 Å². The van der Waals surface area contributed by atoms with E-state index in [1.54, 1.807) is 0 Å². The molecule has 2 aliphatic heterocycles. The third-order valence-electron chi connectivity index (χ3n) is 11.7. The maximum absolute atomic E-state index is 15.3. The molecule has 1 aromatic heterocycles. The number of hydrogen-bond acceptors (Lipinski definition) is 7. The van der Waals surface area contributed by atoms with E-state index in [1.165, 1.54) is 42.5 Å². The van der Waals surface area contributed by atoms with Gasteiger partial charge < -0.3 is 5.11 Å². The number of amides is 4. The number of hydrogen-bond donors (Lipinski definition) is 2. The fraction of sp³-hybridized carbons (Fsp3) is 0.275. The summed E-state index contributed by atoms with van der Waals surface area (Å²) in [5.41, 5.74) is -4.86. The molecule has 4 aliphatic rings. The molecule has 21 heteroatoms. The third kappa shape index (κ3) is 6.77. The van der Waals surface area contributed by atoms with Crippen molar-refractivity contribution in [2.45, 2.75) is 42.7 Å². The molecule has 1 saturated carbocycles. The number of carbonyl (C=O) groups is 4. The number of imide groups is 2. The highest BCUT2D eigenvalue weighted by atomic mass is 35.5. The number of rotatable bonds is 5. The van der Waals surface area contributed by atoms with Crippen LogP contribution in [-0.2, 0) is 43.1 Å². The number of carbonyl (C=O) groups excluding carboxylic acids is 4. The van der Waals surface area contributed by atoms with E-state index in [0.717, 1.165) is 6.07 Å². The highest BCUT2D eigenvalue weighted by molar-refractivity contribution is 6.33. The lowest BCUT2D eigenvalue weighted by molar-refractivity contribution is -0.143. The molecule has 4 amide bonds. The van der Waals surface area contributed by atoms with Crippen LogP contribution in [0.3, 0.4) is 0 Å². The van der Waals surface area contributed by atoms with Gasteiger partial charge in [0.2, 0.25) is 11.8 Å². The fourth-order valence-electron chi connectivity index (χ4n) is 9.20. The van der Waals surface area contributed by atoms with Crippen LogP contribution in [0.25, 0.3) is 0 Å². The van der Waals surface area contributed by atoms with Gasteiger partial charge in [0.25, 0.3) is 11.8 Å². The molecule has 2 saturated heterocycles. The lowest BCUT2D eigenvalue weighted by Gasteiger charge is -2.50. The van der Waals surface area contributed by atoms with Crippen LogP contribution in [0.4, 0.5) is 51.0 Å². The molecule has 4 aromatic rings. The Kier molecular flexibility index (Phi) is 9.98. The molecule has 318 valence electrons. The maximum Gasteiger partial charge on any atom is 0.417 e. The van der Waals surface area contributed by atoms with Gasteiger partial charge in [0, 0.05) is 22.2 Å². The summed E-state index contributed by atoms with van der Waals surface area (Å²) in [6, 6.07) is 10.3. The van der Waals surface area contributed by atoms with Crippen LogP contribution in [-0.4, -0.2) is 38.7 Å². The zero-order chi connectivity index (χ0) is 44.3. The first kappa shape index (κ1) is 42.4. The Morgan fingerprint density at radius 1 is 0.721 bits per heavy atom. The summed E-state index contributed by atoms with van der Waals surface area (Å²) in [5, 5.41) is 10.3. The molecule has 3 heterocycles. The molecule has 0 spiro atoms. The Morgan fingerprint density at radius 3 is 1.92 bits per heavy atom. The number of phenolic OH excluding ortho intramolecular Hbond substituents is 1. The Hall–Kier alpha value is -5.33. The van der Waals surface area contributed by atoms with Gasteiger partial charge in [-0.2, -0.15) is 44.5 Å². The standard InChI is InChI=1S/C40H24Cl3F9N4O5/c41-20-3-1-16(2-4-20)37-27(34(59)56(36(37)61)54-32-29(43)12-19(15-53-32)40(50,51)52)14-26-23(31(37)24-6-5-22(57)13-28(24)42)7-8-25-30(26)35(60)55(33(25)58)21-10-17(38(44,45)46)9-18(11-21)39(47,48)49/h1-7,9-13,15,25-27,30-31,57H,8,14H2,(H,53,54). The average Bonchev–Trinajstić information content (AvgIpc) is 3.55. The quantitative estimate of drug-likeness (QED) is 0.116. The number of halogens is 12. The monoisotopic (exact) mass is 916 g/mol. The number of anilines is 2. The van der Waals surface area contributed by atoms with Crippen LogP contribution < -0.4 is 10.3 Å². The minimum Gasteiger partial charge on any atom is -0.508 e. The second-order valence-corrected chi connectivity index (χ2v) is 16.2. The van der Waals surface area contributed by atoms with Gasteiger partial charge in [0.15, 0.2) is 5.82 Å². The summed E-state index contributed by atoms with van der Waals surface area (Å²) in [6.45, 7) is 0. The van der Waals surface area contributed by atoms with E-state index in [-0.39, 0.29) is 62.0 Å². The van der Waals surface area contributed by atoms with Crippen molar-refractivity contribution in [3.63, 3.8) is 0 Å². The summed E-state index contributed by atoms with van der Waals surface area (Å²) in [5.74, 6) is -12.1. The van der Waals surface area contributed by atoms with Crippen LogP contribution in [0, 0.1) is 23.7 Å². The predicted octanol–water partition coefficient (Wildman–Crippen LogP) is 9.99. The largest absolute Gasteiger partial charge is 0.508 e. The molecule has 0 radical (unpaired) electrons. The Bertz CT molecular complexity index is 2550. The lowest BCUT2D eigenvalue weighted by Crippen LogP contribution is -2.53. The van der Waals surface area contributed by atoms with Crippen molar-refractivity contribution in [3.05, 3.63) is 127 Å². The molecule has 2 N–H and O–H groups in total. The number of phenols is 1. The van der Waals surface area contributed by atoms with Gasteiger partial charge in [-0.3, -0.25) is 24.6 Å². The Labute approximate surface area is 352 Å². The first-order valence-corrected chi connectivity index (χ1v) is 19.1. The lowest BCUT2D eigenvalue weighted by atomic mass is 9.49. The van der Waals surface area contributed by atoms with Crippen LogP contribution in [0.15, 0.2) is 84.6 Å². The summed E-state index contributed by atoms with van der Waals surface area (Å²) in [7, 11) is 0. The molecule has 3 fully saturated rings. The average molecular weight is 918 g/mol. The predicted molar refractivity (Wildman–Crippen MR) is 199 cm³/mol. The normalized spacial score (nSPS) is 25.4. The number of fused-ring (bicyclic) bond motifs is 4. The second kappa shape index (κ2) is 14.4.